The van der Waals surface area contributed by atoms with Gasteiger partial charge in [-0.3, -0.25) is 0 Å². The number of hydrogen-bond acceptors (Lipinski definition) is 4. The predicted octanol–water partition coefficient (Wildman–Crippen LogP) is 2.62. The van der Waals surface area contributed by atoms with Crippen LogP contribution in [0.3, 0.4) is 0 Å². The third kappa shape index (κ3) is 9.70. The minimum atomic E-state index is -0.671. The van der Waals surface area contributed by atoms with Gasteiger partial charge in [0.25, 0.3) is 0 Å². The van der Waals surface area contributed by atoms with Gasteiger partial charge in [0, 0.05) is 13.2 Å². The Labute approximate surface area is 124 Å². The Kier molecular flexibility index (Phi) is 10.5. The molecule has 4 nitrogen and oxygen atoms in total. The maximum atomic E-state index is 9.50. The van der Waals surface area contributed by atoms with E-state index in [0.29, 0.717) is 31.8 Å². The summed E-state index contributed by atoms with van der Waals surface area (Å²) in [7, 11) is 0. The van der Waals surface area contributed by atoms with Crippen LogP contribution in [-0.4, -0.2) is 49.9 Å². The first-order chi connectivity index (χ1) is 9.39. The first kappa shape index (κ1) is 19.8. The summed E-state index contributed by atoms with van der Waals surface area (Å²) in [5.74, 6) is 0. The highest BCUT2D eigenvalue weighted by Crippen LogP contribution is 2.21. The largest absolute Gasteiger partial charge is 0.396 e. The Morgan fingerprint density at radius 1 is 0.850 bits per heavy atom. The first-order valence-electron chi connectivity index (χ1n) is 7.76. The summed E-state index contributed by atoms with van der Waals surface area (Å²) >= 11 is 0. The van der Waals surface area contributed by atoms with Crippen LogP contribution in [0.1, 0.15) is 53.4 Å². The zero-order chi connectivity index (χ0) is 15.5. The van der Waals surface area contributed by atoms with Crippen molar-refractivity contribution in [1.82, 2.24) is 0 Å². The smallest absolute Gasteiger partial charge is 0.0632 e. The quantitative estimate of drug-likeness (QED) is 0.542. The fourth-order valence-electron chi connectivity index (χ4n) is 1.80. The van der Waals surface area contributed by atoms with E-state index in [4.69, 9.17) is 9.47 Å². The lowest BCUT2D eigenvalue weighted by atomic mass is 9.90. The molecule has 0 bridgehead atoms. The summed E-state index contributed by atoms with van der Waals surface area (Å²) in [5, 5.41) is 19.0. The molecule has 20 heavy (non-hydrogen) atoms. The molecule has 0 aliphatic carbocycles. The number of aliphatic hydroxyl groups is 2. The number of hydrogen-bond donors (Lipinski definition) is 2. The summed E-state index contributed by atoms with van der Waals surface area (Å²) in [6, 6.07) is 0. The van der Waals surface area contributed by atoms with Gasteiger partial charge in [0.2, 0.25) is 0 Å². The van der Waals surface area contributed by atoms with Crippen LogP contribution < -0.4 is 0 Å². The first-order valence-corrected chi connectivity index (χ1v) is 7.76. The Balaban J connectivity index is 3.93. The monoisotopic (exact) mass is 290 g/mol. The Hall–Kier alpha value is -0.160. The van der Waals surface area contributed by atoms with Gasteiger partial charge in [-0.2, -0.15) is 0 Å². The van der Waals surface area contributed by atoms with Crippen molar-refractivity contribution >= 4 is 0 Å². The predicted molar refractivity (Wildman–Crippen MR) is 81.8 cm³/mol. The van der Waals surface area contributed by atoms with Crippen LogP contribution in [0.25, 0.3) is 0 Å². The third-order valence-electron chi connectivity index (χ3n) is 3.34. The van der Waals surface area contributed by atoms with E-state index in [1.165, 1.54) is 0 Å². The van der Waals surface area contributed by atoms with Crippen LogP contribution in [0.5, 0.6) is 0 Å². The van der Waals surface area contributed by atoms with Crippen LogP contribution >= 0.6 is 0 Å². The van der Waals surface area contributed by atoms with Gasteiger partial charge < -0.3 is 19.7 Å². The van der Waals surface area contributed by atoms with Crippen molar-refractivity contribution < 1.29 is 19.7 Å². The van der Waals surface area contributed by atoms with Crippen LogP contribution in [0.15, 0.2) is 0 Å². The normalized spacial score (nSPS) is 12.9. The molecule has 0 radical (unpaired) electrons. The van der Waals surface area contributed by atoms with Gasteiger partial charge in [-0.15, -0.1) is 0 Å². The highest BCUT2D eigenvalue weighted by Gasteiger charge is 2.29. The summed E-state index contributed by atoms with van der Waals surface area (Å²) in [5.41, 5.74) is -0.354. The van der Waals surface area contributed by atoms with Crippen LogP contribution in [0.2, 0.25) is 0 Å². The molecule has 0 unspecified atom stereocenters. The average Bonchev–Trinajstić information content (AvgIpc) is 2.40. The van der Waals surface area contributed by atoms with E-state index in [2.05, 4.69) is 27.7 Å². The molecular formula is C16H34O4. The molecule has 0 atom stereocenters. The number of rotatable bonds is 12. The average molecular weight is 290 g/mol. The van der Waals surface area contributed by atoms with E-state index in [9.17, 15) is 10.2 Å². The van der Waals surface area contributed by atoms with Crippen molar-refractivity contribution in [2.45, 2.75) is 53.4 Å². The van der Waals surface area contributed by atoms with Crippen molar-refractivity contribution in [3.05, 3.63) is 0 Å². The van der Waals surface area contributed by atoms with Crippen molar-refractivity contribution in [2.24, 2.45) is 10.8 Å². The molecule has 0 aromatic heterocycles. The maximum absolute atomic E-state index is 9.50. The van der Waals surface area contributed by atoms with E-state index in [1.807, 2.05) is 0 Å². The van der Waals surface area contributed by atoms with Gasteiger partial charge in [-0.25, -0.2) is 0 Å². The Morgan fingerprint density at radius 2 is 1.35 bits per heavy atom. The lowest BCUT2D eigenvalue weighted by molar-refractivity contribution is -0.0780. The minimum absolute atomic E-state index is 0.116. The molecule has 0 fully saturated rings. The molecule has 0 aromatic rings. The maximum Gasteiger partial charge on any atom is 0.0632 e. The fourth-order valence-corrected chi connectivity index (χ4v) is 1.80. The molecule has 0 saturated heterocycles. The van der Waals surface area contributed by atoms with Gasteiger partial charge in [0.1, 0.15) is 0 Å². The number of ether oxygens (including phenoxy) is 2. The molecule has 0 saturated carbocycles. The molecule has 0 aromatic carbocycles. The summed E-state index contributed by atoms with van der Waals surface area (Å²) in [4.78, 5) is 0. The number of unbranched alkanes of at least 4 members (excludes halogenated alkanes) is 1. The van der Waals surface area contributed by atoms with Crippen molar-refractivity contribution in [1.29, 1.82) is 0 Å². The van der Waals surface area contributed by atoms with Gasteiger partial charge in [-0.1, -0.05) is 34.1 Å². The molecule has 4 heteroatoms. The van der Waals surface area contributed by atoms with Crippen LogP contribution in [0, 0.1) is 10.8 Å². The van der Waals surface area contributed by atoms with E-state index in [-0.39, 0.29) is 13.2 Å². The zero-order valence-electron chi connectivity index (χ0n) is 13.8. The second kappa shape index (κ2) is 10.6. The molecule has 0 rings (SSSR count). The molecular weight excluding hydrogens is 256 g/mol. The van der Waals surface area contributed by atoms with Gasteiger partial charge in [0.05, 0.1) is 31.8 Å². The summed E-state index contributed by atoms with van der Waals surface area (Å²) in [6.07, 6.45) is 4.17. The SMILES string of the molecule is CCCCOCC(CO)(CO)COCCCC(C)(C)C. The van der Waals surface area contributed by atoms with E-state index < -0.39 is 5.41 Å². The van der Waals surface area contributed by atoms with Crippen molar-refractivity contribution in [2.75, 3.05) is 39.6 Å². The molecule has 0 heterocycles. The second-order valence-corrected chi connectivity index (χ2v) is 6.94. The molecule has 0 spiro atoms. The van der Waals surface area contributed by atoms with Gasteiger partial charge in [-0.05, 0) is 24.7 Å². The summed E-state index contributed by atoms with van der Waals surface area (Å²) < 4.78 is 11.2. The summed E-state index contributed by atoms with van der Waals surface area (Å²) in [6.45, 7) is 10.5. The molecule has 122 valence electrons. The molecule has 2 N–H and O–H groups in total. The second-order valence-electron chi connectivity index (χ2n) is 6.94. The van der Waals surface area contributed by atoms with Crippen LogP contribution in [0.4, 0.5) is 0 Å². The highest BCUT2D eigenvalue weighted by atomic mass is 16.5. The van der Waals surface area contributed by atoms with Gasteiger partial charge in [0.15, 0.2) is 0 Å². The molecule has 0 amide bonds. The minimum Gasteiger partial charge on any atom is -0.396 e. The Morgan fingerprint density at radius 3 is 1.75 bits per heavy atom. The lowest BCUT2D eigenvalue weighted by Crippen LogP contribution is -2.40. The fraction of sp³-hybridized carbons (Fsp3) is 1.00. The van der Waals surface area contributed by atoms with Crippen molar-refractivity contribution in [3.63, 3.8) is 0 Å². The molecule has 0 aliphatic heterocycles. The van der Waals surface area contributed by atoms with E-state index in [0.717, 1.165) is 25.7 Å². The van der Waals surface area contributed by atoms with E-state index in [1.54, 1.807) is 0 Å². The third-order valence-corrected chi connectivity index (χ3v) is 3.34. The highest BCUT2D eigenvalue weighted by molar-refractivity contribution is 4.77. The van der Waals surface area contributed by atoms with E-state index >= 15 is 0 Å². The molecule has 0 aliphatic rings. The standard InChI is InChI=1S/C16H34O4/c1-5-6-9-19-13-16(11-17,12-18)14-20-10-7-8-15(2,3)4/h17-18H,5-14H2,1-4H3. The van der Waals surface area contributed by atoms with Crippen molar-refractivity contribution in [3.8, 4) is 0 Å². The van der Waals surface area contributed by atoms with Gasteiger partial charge >= 0.3 is 0 Å². The topological polar surface area (TPSA) is 58.9 Å². The Bertz CT molecular complexity index is 219. The number of aliphatic hydroxyl groups excluding tert-OH is 2. The lowest BCUT2D eigenvalue weighted by Gasteiger charge is -2.29. The van der Waals surface area contributed by atoms with Crippen LogP contribution in [-0.2, 0) is 9.47 Å². The zero-order valence-corrected chi connectivity index (χ0v) is 13.8.